The second kappa shape index (κ2) is 73.7. The number of hydrogen-bond donors (Lipinski definition) is 2. The summed E-state index contributed by atoms with van der Waals surface area (Å²) in [6.07, 6.45) is 69.7. The molecule has 0 unspecified atom stereocenters. The minimum Gasteiger partial charge on any atom is -0.461 e. The first-order valence-corrected chi connectivity index (χ1v) is 41.5. The SMILES string of the molecule is CCCCCC/C=C\COC(=O)CCCCCCCCN(CCCCCCCCC(=O)OC/C=C\CCCCCC)CCCNC(=O)c1cccc(C(=O)NCCCN(CCCCCCCCC(=O)OC/C=C\CCCCCC)CCCCCCCCC(=O)OC/C=C\CCCCCC)c1. The lowest BCUT2D eigenvalue weighted by Gasteiger charge is -2.22. The van der Waals surface area contributed by atoms with Crippen LogP contribution >= 0.6 is 0 Å². The van der Waals surface area contributed by atoms with Crippen molar-refractivity contribution in [1.82, 2.24) is 20.4 Å². The predicted molar refractivity (Wildman–Crippen MR) is 418 cm³/mol. The Labute approximate surface area is 612 Å². The number of nitrogens with zero attached hydrogens (tertiary/aromatic N) is 2. The Kier molecular flexibility index (Phi) is 68.5. The zero-order chi connectivity index (χ0) is 72.3. The molecule has 2 N–H and O–H groups in total. The molecule has 0 fully saturated rings. The maximum atomic E-state index is 13.5. The highest BCUT2D eigenvalue weighted by Crippen LogP contribution is 2.16. The lowest BCUT2D eigenvalue weighted by atomic mass is 10.1. The molecule has 0 bridgehead atoms. The van der Waals surface area contributed by atoms with E-state index in [0.717, 1.165) is 232 Å². The monoisotopic (exact) mass is 1400 g/mol. The summed E-state index contributed by atoms with van der Waals surface area (Å²) < 4.78 is 21.7. The summed E-state index contributed by atoms with van der Waals surface area (Å²) in [6.45, 7) is 17.3. The molecule has 0 atom stereocenters. The third-order valence-electron chi connectivity index (χ3n) is 18.6. The lowest BCUT2D eigenvalue weighted by Crippen LogP contribution is -2.32. The van der Waals surface area contributed by atoms with E-state index in [9.17, 15) is 28.8 Å². The molecule has 14 heteroatoms. The molecule has 0 saturated heterocycles. The van der Waals surface area contributed by atoms with Gasteiger partial charge >= 0.3 is 23.9 Å². The van der Waals surface area contributed by atoms with Crippen molar-refractivity contribution in [3.63, 3.8) is 0 Å². The van der Waals surface area contributed by atoms with Crippen LogP contribution in [0, 0.1) is 0 Å². The Morgan fingerprint density at radius 3 is 0.780 bits per heavy atom. The third-order valence-corrected chi connectivity index (χ3v) is 18.6. The first kappa shape index (κ1) is 92.9. The molecular weight excluding hydrogens is 1250 g/mol. The molecule has 100 heavy (non-hydrogen) atoms. The molecule has 1 aromatic carbocycles. The van der Waals surface area contributed by atoms with E-state index in [-0.39, 0.29) is 35.7 Å². The van der Waals surface area contributed by atoms with Crippen molar-refractivity contribution in [1.29, 1.82) is 0 Å². The summed E-state index contributed by atoms with van der Waals surface area (Å²) in [6, 6.07) is 7.05. The van der Waals surface area contributed by atoms with E-state index >= 15 is 0 Å². The van der Waals surface area contributed by atoms with E-state index in [0.29, 0.717) is 76.3 Å². The van der Waals surface area contributed by atoms with Gasteiger partial charge in [0.15, 0.2) is 0 Å². The summed E-state index contributed by atoms with van der Waals surface area (Å²) in [5.41, 5.74) is 0.962. The summed E-state index contributed by atoms with van der Waals surface area (Å²) in [4.78, 5) is 81.2. The maximum Gasteiger partial charge on any atom is 0.306 e. The zero-order valence-corrected chi connectivity index (χ0v) is 64.7. The number of carbonyl (C=O) groups is 6. The molecule has 0 aromatic heterocycles. The summed E-state index contributed by atoms with van der Waals surface area (Å²) >= 11 is 0. The van der Waals surface area contributed by atoms with E-state index in [4.69, 9.17) is 18.9 Å². The van der Waals surface area contributed by atoms with Crippen molar-refractivity contribution in [2.75, 3.05) is 78.8 Å². The number of nitrogens with one attached hydrogen (secondary N) is 2. The normalized spacial score (nSPS) is 11.7. The van der Waals surface area contributed by atoms with E-state index in [1.54, 1.807) is 24.3 Å². The lowest BCUT2D eigenvalue weighted by molar-refractivity contribution is -0.143. The molecular formula is C86H150N4O10. The van der Waals surface area contributed by atoms with Crippen LogP contribution in [0.25, 0.3) is 0 Å². The van der Waals surface area contributed by atoms with Crippen LogP contribution < -0.4 is 10.6 Å². The van der Waals surface area contributed by atoms with Crippen molar-refractivity contribution >= 4 is 35.7 Å². The van der Waals surface area contributed by atoms with Gasteiger partial charge in [-0.1, -0.05) is 262 Å². The Bertz CT molecular complexity index is 1960. The molecule has 0 spiro atoms. The van der Waals surface area contributed by atoms with Gasteiger partial charge in [0.1, 0.15) is 26.4 Å². The van der Waals surface area contributed by atoms with E-state index < -0.39 is 0 Å². The van der Waals surface area contributed by atoms with Crippen molar-refractivity contribution in [3.8, 4) is 0 Å². The second-order valence-corrected chi connectivity index (χ2v) is 28.0. The van der Waals surface area contributed by atoms with Crippen molar-refractivity contribution in [2.45, 2.75) is 349 Å². The number of hydrogen-bond acceptors (Lipinski definition) is 12. The number of ether oxygens (including phenoxy) is 4. The molecule has 0 aliphatic heterocycles. The quantitative estimate of drug-likeness (QED) is 0.0274. The molecule has 0 aliphatic carbocycles. The Balaban J connectivity index is 2.67. The molecule has 2 amide bonds. The number of esters is 4. The average molecular weight is 1400 g/mol. The number of amides is 2. The van der Waals surface area contributed by atoms with E-state index in [1.165, 1.54) is 103 Å². The molecule has 0 heterocycles. The van der Waals surface area contributed by atoms with Crippen LogP contribution in [-0.4, -0.2) is 124 Å². The molecule has 1 aromatic rings. The van der Waals surface area contributed by atoms with Gasteiger partial charge in [-0.05, 0) is 173 Å². The van der Waals surface area contributed by atoms with Crippen LogP contribution in [0.15, 0.2) is 72.9 Å². The van der Waals surface area contributed by atoms with Gasteiger partial charge in [0.2, 0.25) is 0 Å². The van der Waals surface area contributed by atoms with Crippen molar-refractivity contribution in [3.05, 3.63) is 84.0 Å². The summed E-state index contributed by atoms with van der Waals surface area (Å²) in [5.74, 6) is -0.762. The van der Waals surface area contributed by atoms with Crippen LogP contribution in [0.4, 0.5) is 0 Å². The molecule has 0 saturated carbocycles. The third kappa shape index (κ3) is 63.8. The topological polar surface area (TPSA) is 170 Å². The van der Waals surface area contributed by atoms with Gasteiger partial charge in [0.25, 0.3) is 11.8 Å². The number of allylic oxidation sites excluding steroid dienone is 4. The van der Waals surface area contributed by atoms with Gasteiger partial charge in [-0.25, -0.2) is 0 Å². The van der Waals surface area contributed by atoms with E-state index in [1.807, 2.05) is 24.3 Å². The van der Waals surface area contributed by atoms with Gasteiger partial charge in [-0.3, -0.25) is 28.8 Å². The van der Waals surface area contributed by atoms with Crippen LogP contribution in [0.2, 0.25) is 0 Å². The smallest absolute Gasteiger partial charge is 0.306 e. The number of unbranched alkanes of at least 4 members (excludes halogenated alkanes) is 36. The highest BCUT2D eigenvalue weighted by molar-refractivity contribution is 5.99. The fourth-order valence-corrected chi connectivity index (χ4v) is 12.3. The van der Waals surface area contributed by atoms with E-state index in [2.05, 4.69) is 72.4 Å². The van der Waals surface area contributed by atoms with Crippen LogP contribution in [0.1, 0.15) is 369 Å². The predicted octanol–water partition coefficient (Wildman–Crippen LogP) is 21.7. The van der Waals surface area contributed by atoms with Crippen LogP contribution in [-0.2, 0) is 38.1 Å². The molecule has 14 nitrogen and oxygen atoms in total. The standard InChI is InChI=1S/C86H150N4O10/c1-5-9-13-17-29-41-53-74-97-81(91)62-45-33-21-25-37-49-68-89(69-50-38-26-22-34-46-63-82(92)98-75-54-42-30-18-14-10-6-2)72-58-66-87-85(95)79-60-57-61-80(78-79)86(96)88-67-59-73-90(70-51-39-27-23-35-47-64-83(93)99-76-55-43-31-19-15-11-7-3)71-52-40-28-24-36-48-65-84(94)100-77-56-44-32-20-16-12-8-4/h41-44,53-57,60-61,78H,5-40,45-52,58-59,62-77H2,1-4H3,(H,87,95)(H,88,96)/b53-41-,54-42-,55-43-,56-44-. The van der Waals surface area contributed by atoms with Gasteiger partial charge in [-0.15, -0.1) is 0 Å². The Morgan fingerprint density at radius 2 is 0.520 bits per heavy atom. The number of rotatable bonds is 74. The first-order valence-electron chi connectivity index (χ1n) is 41.5. The molecule has 1 rings (SSSR count). The minimum absolute atomic E-state index is 0.103. The van der Waals surface area contributed by atoms with Gasteiger partial charge in [0, 0.05) is 49.9 Å². The first-order chi connectivity index (χ1) is 49.1. The summed E-state index contributed by atoms with van der Waals surface area (Å²) in [5, 5.41) is 6.27. The van der Waals surface area contributed by atoms with Crippen molar-refractivity contribution in [2.24, 2.45) is 0 Å². The minimum atomic E-state index is -0.174. The highest BCUT2D eigenvalue weighted by atomic mass is 16.5. The highest BCUT2D eigenvalue weighted by Gasteiger charge is 2.14. The van der Waals surface area contributed by atoms with Gasteiger partial charge < -0.3 is 39.4 Å². The van der Waals surface area contributed by atoms with Crippen molar-refractivity contribution < 1.29 is 47.7 Å². The largest absolute Gasteiger partial charge is 0.461 e. The molecule has 0 aliphatic rings. The second-order valence-electron chi connectivity index (χ2n) is 28.0. The number of benzene rings is 1. The van der Waals surface area contributed by atoms with Gasteiger partial charge in [-0.2, -0.15) is 0 Å². The Hall–Kier alpha value is -5.08. The zero-order valence-electron chi connectivity index (χ0n) is 64.7. The fraction of sp³-hybridized carbons (Fsp3) is 0.767. The molecule has 574 valence electrons. The van der Waals surface area contributed by atoms with Gasteiger partial charge in [0.05, 0.1) is 0 Å². The van der Waals surface area contributed by atoms with Crippen LogP contribution in [0.3, 0.4) is 0 Å². The Morgan fingerprint density at radius 1 is 0.290 bits per heavy atom. The molecule has 0 radical (unpaired) electrons. The summed E-state index contributed by atoms with van der Waals surface area (Å²) in [7, 11) is 0. The number of carbonyl (C=O) groups excluding carboxylic acids is 6. The average Bonchev–Trinajstić information content (AvgIpc) is 0.875. The fourth-order valence-electron chi connectivity index (χ4n) is 12.3. The van der Waals surface area contributed by atoms with Crippen LogP contribution in [0.5, 0.6) is 0 Å². The maximum absolute atomic E-state index is 13.5.